The van der Waals surface area contributed by atoms with Crippen molar-refractivity contribution in [3.05, 3.63) is 48.3 Å². The minimum Gasteiger partial charge on any atom is -0.379 e. The number of sulfonamides is 1. The largest absolute Gasteiger partial charge is 0.379 e. The quantitative estimate of drug-likeness (QED) is 0.402. The van der Waals surface area contributed by atoms with Gasteiger partial charge in [0.15, 0.2) is 0 Å². The molecule has 0 radical (unpaired) electrons. The molecule has 1 saturated carbocycles. The molecule has 1 aliphatic heterocycles. The highest BCUT2D eigenvalue weighted by molar-refractivity contribution is 7.92. The van der Waals surface area contributed by atoms with Crippen LogP contribution in [0.1, 0.15) is 58.7 Å². The number of carbonyl (C=O) groups excluding carboxylic acids is 1. The average molecular weight is 582 g/mol. The fourth-order valence-corrected chi connectivity index (χ4v) is 7.06. The van der Waals surface area contributed by atoms with Gasteiger partial charge in [0.05, 0.1) is 41.4 Å². The molecule has 10 heteroatoms. The molecular formula is C31H43N5O4S. The van der Waals surface area contributed by atoms with Gasteiger partial charge in [0.2, 0.25) is 5.91 Å². The number of hydrogen-bond acceptors (Lipinski definition) is 6. The van der Waals surface area contributed by atoms with Crippen LogP contribution >= 0.6 is 0 Å². The van der Waals surface area contributed by atoms with Crippen molar-refractivity contribution in [3.8, 4) is 0 Å². The summed E-state index contributed by atoms with van der Waals surface area (Å²) < 4.78 is 36.1. The van der Waals surface area contributed by atoms with Gasteiger partial charge in [-0.1, -0.05) is 40.0 Å². The first-order valence-electron chi connectivity index (χ1n) is 14.7. The molecular weight excluding hydrogens is 538 g/mol. The van der Waals surface area contributed by atoms with Gasteiger partial charge in [-0.05, 0) is 61.2 Å². The molecule has 1 saturated heterocycles. The molecule has 0 spiro atoms. The first kappa shape index (κ1) is 29.5. The smallest absolute Gasteiger partial charge is 0.264 e. The van der Waals surface area contributed by atoms with Gasteiger partial charge in [0, 0.05) is 37.8 Å². The molecule has 2 aliphatic rings. The minimum atomic E-state index is -3.82. The zero-order chi connectivity index (χ0) is 29.2. The van der Waals surface area contributed by atoms with E-state index in [-0.39, 0.29) is 22.8 Å². The van der Waals surface area contributed by atoms with Gasteiger partial charge in [0.25, 0.3) is 10.0 Å². The van der Waals surface area contributed by atoms with Gasteiger partial charge in [-0.15, -0.1) is 0 Å². The van der Waals surface area contributed by atoms with E-state index in [1.165, 1.54) is 48.5 Å². The molecule has 1 aromatic heterocycles. The molecule has 1 N–H and O–H groups in total. The standard InChI is InChI=1S/C31H43N5O4S/c1-31(2,3)30-33-27-20-25(12-15-28(27)36(30)21-23-8-6-5-7-9-23)34(4)41(38,39)26-13-10-24(11-14-26)32-29(37)22-35-16-18-40-19-17-35/h10-15,20,23H,5-9,16-19,21-22H2,1-4H3,(H,32,37). The molecule has 1 amide bonds. The fourth-order valence-electron chi connectivity index (χ4n) is 5.87. The van der Waals surface area contributed by atoms with Crippen LogP contribution in [0.2, 0.25) is 0 Å². The molecule has 0 atom stereocenters. The molecule has 0 unspecified atom stereocenters. The minimum absolute atomic E-state index is 0.134. The maximum atomic E-state index is 13.6. The molecule has 222 valence electrons. The molecule has 0 bridgehead atoms. The number of anilines is 2. The molecule has 5 rings (SSSR count). The third-order valence-corrected chi connectivity index (χ3v) is 10.00. The highest BCUT2D eigenvalue weighted by atomic mass is 32.2. The number of aromatic nitrogens is 2. The van der Waals surface area contributed by atoms with Crippen LogP contribution in [0.3, 0.4) is 0 Å². The van der Waals surface area contributed by atoms with Crippen LogP contribution in [0, 0.1) is 5.92 Å². The van der Waals surface area contributed by atoms with Crippen LogP contribution in [-0.2, 0) is 31.5 Å². The maximum Gasteiger partial charge on any atom is 0.264 e. The predicted molar refractivity (Wildman–Crippen MR) is 163 cm³/mol. The Morgan fingerprint density at radius 1 is 1.05 bits per heavy atom. The van der Waals surface area contributed by atoms with Crippen molar-refractivity contribution >= 4 is 38.3 Å². The lowest BCUT2D eigenvalue weighted by molar-refractivity contribution is -0.118. The Balaban J connectivity index is 1.33. The number of rotatable bonds is 8. The second-order valence-electron chi connectivity index (χ2n) is 12.4. The van der Waals surface area contributed by atoms with Crippen molar-refractivity contribution in [2.75, 3.05) is 49.5 Å². The molecule has 9 nitrogen and oxygen atoms in total. The van der Waals surface area contributed by atoms with E-state index in [9.17, 15) is 13.2 Å². The Bertz CT molecular complexity index is 1460. The molecule has 3 aromatic rings. The summed E-state index contributed by atoms with van der Waals surface area (Å²) in [7, 11) is -2.25. The first-order chi connectivity index (χ1) is 19.5. The lowest BCUT2D eigenvalue weighted by Crippen LogP contribution is -2.41. The summed E-state index contributed by atoms with van der Waals surface area (Å²) in [4.78, 5) is 19.6. The number of amides is 1. The second kappa shape index (κ2) is 12.1. The van der Waals surface area contributed by atoms with Gasteiger partial charge in [0.1, 0.15) is 5.82 Å². The lowest BCUT2D eigenvalue weighted by Gasteiger charge is -2.26. The topological polar surface area (TPSA) is 96.8 Å². The maximum absolute atomic E-state index is 13.6. The second-order valence-corrected chi connectivity index (χ2v) is 14.4. The van der Waals surface area contributed by atoms with E-state index in [0.717, 1.165) is 36.5 Å². The summed E-state index contributed by atoms with van der Waals surface area (Å²) in [5.41, 5.74) is 2.84. The SMILES string of the molecule is CN(c1ccc2c(c1)nc(C(C)(C)C)n2CC1CCCCC1)S(=O)(=O)c1ccc(NC(=O)CN2CCOCC2)cc1. The fraction of sp³-hybridized carbons (Fsp3) is 0.548. The van der Waals surface area contributed by atoms with Crippen LogP contribution in [0.15, 0.2) is 47.4 Å². The zero-order valence-electron chi connectivity index (χ0n) is 24.7. The van der Waals surface area contributed by atoms with Crippen LogP contribution in [0.25, 0.3) is 11.0 Å². The van der Waals surface area contributed by atoms with E-state index < -0.39 is 10.0 Å². The van der Waals surface area contributed by atoms with Crippen LogP contribution in [0.5, 0.6) is 0 Å². The third kappa shape index (κ3) is 6.76. The average Bonchev–Trinajstić information content (AvgIpc) is 3.32. The molecule has 41 heavy (non-hydrogen) atoms. The summed E-state index contributed by atoms with van der Waals surface area (Å²) in [5, 5.41) is 2.86. The summed E-state index contributed by atoms with van der Waals surface area (Å²) in [5.74, 6) is 1.55. The van der Waals surface area contributed by atoms with Crippen LogP contribution in [-0.4, -0.2) is 68.7 Å². The summed E-state index contributed by atoms with van der Waals surface area (Å²) in [6.07, 6.45) is 6.40. The van der Waals surface area contributed by atoms with Gasteiger partial charge in [-0.3, -0.25) is 14.0 Å². The number of nitrogens with one attached hydrogen (secondary N) is 1. The van der Waals surface area contributed by atoms with Crippen molar-refractivity contribution < 1.29 is 17.9 Å². The molecule has 1 aliphatic carbocycles. The highest BCUT2D eigenvalue weighted by Crippen LogP contribution is 2.33. The Morgan fingerprint density at radius 3 is 2.39 bits per heavy atom. The van der Waals surface area contributed by atoms with E-state index in [0.29, 0.717) is 30.5 Å². The Morgan fingerprint density at radius 2 is 1.73 bits per heavy atom. The number of fused-ring (bicyclic) bond motifs is 1. The van der Waals surface area contributed by atoms with Gasteiger partial charge >= 0.3 is 0 Å². The first-order valence-corrected chi connectivity index (χ1v) is 16.2. The van der Waals surface area contributed by atoms with E-state index in [4.69, 9.17) is 9.72 Å². The lowest BCUT2D eigenvalue weighted by atomic mass is 9.88. The van der Waals surface area contributed by atoms with Crippen molar-refractivity contribution in [2.45, 2.75) is 69.7 Å². The Kier molecular flexibility index (Phi) is 8.73. The number of carbonyl (C=O) groups is 1. The van der Waals surface area contributed by atoms with E-state index in [2.05, 4.69) is 30.7 Å². The van der Waals surface area contributed by atoms with E-state index in [1.54, 1.807) is 19.2 Å². The molecule has 2 fully saturated rings. The monoisotopic (exact) mass is 581 g/mol. The molecule has 2 aromatic carbocycles. The van der Waals surface area contributed by atoms with Crippen molar-refractivity contribution in [1.82, 2.24) is 14.5 Å². The van der Waals surface area contributed by atoms with Crippen LogP contribution < -0.4 is 9.62 Å². The Labute approximate surface area is 243 Å². The molecule has 2 heterocycles. The van der Waals surface area contributed by atoms with Crippen molar-refractivity contribution in [1.29, 1.82) is 0 Å². The van der Waals surface area contributed by atoms with Crippen molar-refractivity contribution in [2.24, 2.45) is 5.92 Å². The number of benzene rings is 2. The number of nitrogens with zero attached hydrogens (tertiary/aromatic N) is 4. The number of ether oxygens (including phenoxy) is 1. The van der Waals surface area contributed by atoms with Gasteiger partial charge in [-0.25, -0.2) is 13.4 Å². The normalized spacial score (nSPS) is 17.6. The predicted octanol–water partition coefficient (Wildman–Crippen LogP) is 5.01. The Hall–Kier alpha value is -2.95. The number of morpholine rings is 1. The van der Waals surface area contributed by atoms with Gasteiger partial charge < -0.3 is 14.6 Å². The number of hydrogen-bond donors (Lipinski definition) is 1. The van der Waals surface area contributed by atoms with Gasteiger partial charge in [-0.2, -0.15) is 0 Å². The number of imidazole rings is 1. The third-order valence-electron chi connectivity index (χ3n) is 8.20. The van der Waals surface area contributed by atoms with Crippen LogP contribution in [0.4, 0.5) is 11.4 Å². The zero-order valence-corrected chi connectivity index (χ0v) is 25.5. The summed E-state index contributed by atoms with van der Waals surface area (Å²) >= 11 is 0. The van der Waals surface area contributed by atoms with E-state index >= 15 is 0 Å². The summed E-state index contributed by atoms with van der Waals surface area (Å²) in [6.45, 7) is 10.5. The highest BCUT2D eigenvalue weighted by Gasteiger charge is 2.27. The van der Waals surface area contributed by atoms with Crippen molar-refractivity contribution in [3.63, 3.8) is 0 Å². The summed E-state index contributed by atoms with van der Waals surface area (Å²) in [6, 6.07) is 12.1. The van der Waals surface area contributed by atoms with E-state index in [1.807, 2.05) is 23.1 Å².